The SMILES string of the molecule is CCCCCCCCCCCCNCCC(=O)O.[Na]. The van der Waals surface area contributed by atoms with E-state index in [1.54, 1.807) is 0 Å². The molecule has 0 bridgehead atoms. The van der Waals surface area contributed by atoms with Crippen LogP contribution in [0.5, 0.6) is 0 Å². The number of unbranched alkanes of at least 4 members (excludes halogenated alkanes) is 9. The van der Waals surface area contributed by atoms with Gasteiger partial charge in [-0.3, -0.25) is 4.79 Å². The molecular weight excluding hydrogens is 249 g/mol. The summed E-state index contributed by atoms with van der Waals surface area (Å²) in [4.78, 5) is 10.3. The Morgan fingerprint density at radius 2 is 1.32 bits per heavy atom. The van der Waals surface area contributed by atoms with Gasteiger partial charge in [-0.15, -0.1) is 0 Å². The van der Waals surface area contributed by atoms with Crippen molar-refractivity contribution in [2.45, 2.75) is 77.6 Å². The van der Waals surface area contributed by atoms with Crippen LogP contribution < -0.4 is 5.32 Å². The molecule has 109 valence electrons. The summed E-state index contributed by atoms with van der Waals surface area (Å²) in [6, 6.07) is 0. The van der Waals surface area contributed by atoms with Crippen LogP contribution in [0.3, 0.4) is 0 Å². The van der Waals surface area contributed by atoms with E-state index in [2.05, 4.69) is 12.2 Å². The molecule has 4 heteroatoms. The van der Waals surface area contributed by atoms with Crippen molar-refractivity contribution in [1.29, 1.82) is 0 Å². The quantitative estimate of drug-likeness (QED) is 0.377. The van der Waals surface area contributed by atoms with Gasteiger partial charge in [-0.25, -0.2) is 0 Å². The second kappa shape index (κ2) is 18.4. The third kappa shape index (κ3) is 20.9. The molecule has 0 aliphatic carbocycles. The zero-order valence-electron chi connectivity index (χ0n) is 13.0. The number of rotatable bonds is 14. The van der Waals surface area contributed by atoms with Crippen molar-refractivity contribution in [3.8, 4) is 0 Å². The monoisotopic (exact) mass is 280 g/mol. The predicted molar refractivity (Wildman–Crippen MR) is 82.7 cm³/mol. The van der Waals surface area contributed by atoms with Gasteiger partial charge in [0.1, 0.15) is 0 Å². The van der Waals surface area contributed by atoms with Crippen LogP contribution in [0.15, 0.2) is 0 Å². The molecule has 0 fully saturated rings. The van der Waals surface area contributed by atoms with Crippen LogP contribution in [0.1, 0.15) is 77.6 Å². The molecule has 1 radical (unpaired) electrons. The maximum atomic E-state index is 10.3. The van der Waals surface area contributed by atoms with E-state index in [-0.39, 0.29) is 36.0 Å². The third-order valence-electron chi connectivity index (χ3n) is 3.22. The molecule has 0 heterocycles. The summed E-state index contributed by atoms with van der Waals surface area (Å²) in [5.74, 6) is -0.717. The van der Waals surface area contributed by atoms with Crippen LogP contribution in [0, 0.1) is 0 Å². The van der Waals surface area contributed by atoms with E-state index in [4.69, 9.17) is 5.11 Å². The summed E-state index contributed by atoms with van der Waals surface area (Å²) < 4.78 is 0. The largest absolute Gasteiger partial charge is 0.481 e. The van der Waals surface area contributed by atoms with Crippen molar-refractivity contribution >= 4 is 35.5 Å². The van der Waals surface area contributed by atoms with Crippen LogP contribution in [0.4, 0.5) is 0 Å². The summed E-state index contributed by atoms with van der Waals surface area (Å²) in [5.41, 5.74) is 0. The van der Waals surface area contributed by atoms with Gasteiger partial charge < -0.3 is 10.4 Å². The normalized spacial score (nSPS) is 10.2. The molecule has 0 aliphatic rings. The minimum atomic E-state index is -0.717. The Hall–Kier alpha value is 0.430. The first-order valence-electron chi connectivity index (χ1n) is 7.70. The summed E-state index contributed by atoms with van der Waals surface area (Å²) in [6.45, 7) is 3.82. The fourth-order valence-corrected chi connectivity index (χ4v) is 2.06. The minimum Gasteiger partial charge on any atom is -0.481 e. The number of nitrogens with one attached hydrogen (secondary N) is 1. The van der Waals surface area contributed by atoms with Crippen LogP contribution in [-0.2, 0) is 4.79 Å². The zero-order chi connectivity index (χ0) is 13.5. The second-order valence-corrected chi connectivity index (χ2v) is 5.08. The number of hydrogen-bond acceptors (Lipinski definition) is 2. The van der Waals surface area contributed by atoms with Crippen molar-refractivity contribution in [3.63, 3.8) is 0 Å². The molecule has 0 saturated carbocycles. The van der Waals surface area contributed by atoms with Crippen molar-refractivity contribution in [1.82, 2.24) is 5.32 Å². The molecule has 0 unspecified atom stereocenters. The van der Waals surface area contributed by atoms with E-state index in [1.807, 2.05) is 0 Å². The average molecular weight is 280 g/mol. The molecule has 0 spiro atoms. The van der Waals surface area contributed by atoms with Crippen molar-refractivity contribution in [3.05, 3.63) is 0 Å². The van der Waals surface area contributed by atoms with Crippen molar-refractivity contribution in [2.75, 3.05) is 13.1 Å². The zero-order valence-corrected chi connectivity index (χ0v) is 15.0. The van der Waals surface area contributed by atoms with Crippen molar-refractivity contribution < 1.29 is 9.90 Å². The van der Waals surface area contributed by atoms with Gasteiger partial charge in [-0.2, -0.15) is 0 Å². The Labute approximate surface area is 141 Å². The molecule has 0 aromatic rings. The summed E-state index contributed by atoms with van der Waals surface area (Å²) in [6.07, 6.45) is 13.7. The molecule has 19 heavy (non-hydrogen) atoms. The first-order chi connectivity index (χ1) is 8.77. The first kappa shape index (κ1) is 21.7. The standard InChI is InChI=1S/C15H31NO2.Na/c1-2-3-4-5-6-7-8-9-10-11-13-16-14-12-15(17)18;/h16H,2-14H2,1H3,(H,17,18);. The Balaban J connectivity index is 0. The Kier molecular flexibility index (Phi) is 21.1. The predicted octanol–water partition coefficient (Wildman–Crippen LogP) is 3.59. The molecular formula is C15H31NNaO2. The number of hydrogen-bond donors (Lipinski definition) is 2. The number of aliphatic carboxylic acids is 1. The van der Waals surface area contributed by atoms with E-state index in [9.17, 15) is 4.79 Å². The Morgan fingerprint density at radius 3 is 1.79 bits per heavy atom. The average Bonchev–Trinajstić information content (AvgIpc) is 2.34. The molecule has 0 saturated heterocycles. The smallest absolute Gasteiger partial charge is 0.304 e. The van der Waals surface area contributed by atoms with Crippen molar-refractivity contribution in [2.24, 2.45) is 0 Å². The molecule has 0 aliphatic heterocycles. The second-order valence-electron chi connectivity index (χ2n) is 5.08. The van der Waals surface area contributed by atoms with E-state index in [0.717, 1.165) is 6.54 Å². The van der Waals surface area contributed by atoms with E-state index >= 15 is 0 Å². The maximum absolute atomic E-state index is 10.3. The number of carboxylic acid groups (broad SMARTS) is 1. The van der Waals surface area contributed by atoms with Gasteiger partial charge in [0, 0.05) is 36.1 Å². The fourth-order valence-electron chi connectivity index (χ4n) is 2.06. The third-order valence-corrected chi connectivity index (χ3v) is 3.22. The molecule has 0 aromatic heterocycles. The fraction of sp³-hybridized carbons (Fsp3) is 0.933. The maximum Gasteiger partial charge on any atom is 0.304 e. The van der Waals surface area contributed by atoms with E-state index in [0.29, 0.717) is 6.54 Å². The molecule has 0 aromatic carbocycles. The van der Waals surface area contributed by atoms with Gasteiger partial charge in [0.15, 0.2) is 0 Å². The number of carboxylic acids is 1. The van der Waals surface area contributed by atoms with Gasteiger partial charge in [0.25, 0.3) is 0 Å². The molecule has 0 rings (SSSR count). The van der Waals surface area contributed by atoms with E-state index < -0.39 is 5.97 Å². The molecule has 0 atom stereocenters. The topological polar surface area (TPSA) is 49.3 Å². The van der Waals surface area contributed by atoms with E-state index in [1.165, 1.54) is 64.2 Å². The van der Waals surface area contributed by atoms with Gasteiger partial charge in [-0.1, -0.05) is 64.7 Å². The van der Waals surface area contributed by atoms with Crippen LogP contribution >= 0.6 is 0 Å². The van der Waals surface area contributed by atoms with Gasteiger partial charge in [-0.05, 0) is 13.0 Å². The number of carbonyl (C=O) groups is 1. The summed E-state index contributed by atoms with van der Waals surface area (Å²) in [7, 11) is 0. The Bertz CT molecular complexity index is 189. The van der Waals surface area contributed by atoms with Gasteiger partial charge in [0.2, 0.25) is 0 Å². The van der Waals surface area contributed by atoms with Crippen LogP contribution in [0.25, 0.3) is 0 Å². The van der Waals surface area contributed by atoms with Gasteiger partial charge in [0.05, 0.1) is 6.42 Å². The summed E-state index contributed by atoms with van der Waals surface area (Å²) in [5, 5.41) is 11.6. The van der Waals surface area contributed by atoms with Gasteiger partial charge >= 0.3 is 5.97 Å². The Morgan fingerprint density at radius 1 is 0.842 bits per heavy atom. The first-order valence-corrected chi connectivity index (χ1v) is 7.70. The molecule has 0 amide bonds. The minimum absolute atomic E-state index is 0. The molecule has 3 nitrogen and oxygen atoms in total. The van der Waals surface area contributed by atoms with Crippen LogP contribution in [-0.4, -0.2) is 53.7 Å². The molecule has 2 N–H and O–H groups in total. The summed E-state index contributed by atoms with van der Waals surface area (Å²) >= 11 is 0. The van der Waals surface area contributed by atoms with Crippen LogP contribution in [0.2, 0.25) is 0 Å².